The first-order chi connectivity index (χ1) is 12.4. The van der Waals surface area contributed by atoms with Crippen LogP contribution in [0.5, 0.6) is 11.5 Å². The summed E-state index contributed by atoms with van der Waals surface area (Å²) in [4.78, 5) is 11.2. The van der Waals surface area contributed by atoms with Gasteiger partial charge in [0.1, 0.15) is 11.5 Å². The first-order valence-corrected chi connectivity index (χ1v) is 10.1. The second kappa shape index (κ2) is 9.29. The lowest BCUT2D eigenvalue weighted by molar-refractivity contribution is -0.144. The molecule has 1 aliphatic heterocycles. The third-order valence-electron chi connectivity index (χ3n) is 5.58. The Morgan fingerprint density at radius 1 is 1.15 bits per heavy atom. The van der Waals surface area contributed by atoms with Gasteiger partial charge in [0.15, 0.2) is 6.10 Å². The summed E-state index contributed by atoms with van der Waals surface area (Å²) in [6.45, 7) is 9.87. The summed E-state index contributed by atoms with van der Waals surface area (Å²) < 4.78 is 12.1. The summed E-state index contributed by atoms with van der Waals surface area (Å²) in [5, 5.41) is 9.15. The first-order valence-electron chi connectivity index (χ1n) is 10.1. The molecule has 0 spiro atoms. The van der Waals surface area contributed by atoms with Crippen LogP contribution in [0.4, 0.5) is 0 Å². The summed E-state index contributed by atoms with van der Waals surface area (Å²) in [6.07, 6.45) is 8.99. The van der Waals surface area contributed by atoms with E-state index in [1.54, 1.807) is 6.92 Å². The standard InChI is InChI=1S/C22H34O4/c1-6-7-8-9-10-11-18-12-13-19-16(4)20(25-17(5)22(23)24)14(2)15(3)21(19)26-18/h17-18H,6-13H2,1-5H3,(H,23,24)/t17?,18-/m1/s1. The minimum Gasteiger partial charge on any atom is -0.490 e. The maximum absolute atomic E-state index is 11.2. The smallest absolute Gasteiger partial charge is 0.344 e. The highest BCUT2D eigenvalue weighted by Crippen LogP contribution is 2.42. The highest BCUT2D eigenvalue weighted by Gasteiger charge is 2.27. The number of carboxylic acids is 1. The zero-order chi connectivity index (χ0) is 19.3. The van der Waals surface area contributed by atoms with Crippen molar-refractivity contribution < 1.29 is 19.4 Å². The number of ether oxygens (including phenoxy) is 2. The van der Waals surface area contributed by atoms with E-state index < -0.39 is 12.1 Å². The number of rotatable bonds is 9. The van der Waals surface area contributed by atoms with E-state index in [9.17, 15) is 4.79 Å². The molecule has 1 N–H and O–H groups in total. The Hall–Kier alpha value is -1.71. The van der Waals surface area contributed by atoms with Gasteiger partial charge in [-0.1, -0.05) is 32.6 Å². The van der Waals surface area contributed by atoms with Crippen LogP contribution < -0.4 is 9.47 Å². The molecule has 1 unspecified atom stereocenters. The third kappa shape index (κ3) is 4.72. The van der Waals surface area contributed by atoms with E-state index in [0.29, 0.717) is 11.9 Å². The molecule has 1 heterocycles. The predicted octanol–water partition coefficient (Wildman–Crippen LogP) is 5.52. The van der Waals surface area contributed by atoms with Gasteiger partial charge in [-0.2, -0.15) is 0 Å². The van der Waals surface area contributed by atoms with Crippen LogP contribution in [0.3, 0.4) is 0 Å². The molecular weight excluding hydrogens is 328 g/mol. The van der Waals surface area contributed by atoms with Crippen molar-refractivity contribution >= 4 is 5.97 Å². The van der Waals surface area contributed by atoms with Crippen molar-refractivity contribution in [1.29, 1.82) is 0 Å². The van der Waals surface area contributed by atoms with E-state index in [-0.39, 0.29) is 0 Å². The normalized spacial score (nSPS) is 17.3. The highest BCUT2D eigenvalue weighted by molar-refractivity contribution is 5.72. The van der Waals surface area contributed by atoms with Gasteiger partial charge in [-0.25, -0.2) is 4.79 Å². The van der Waals surface area contributed by atoms with Gasteiger partial charge in [0.25, 0.3) is 0 Å². The summed E-state index contributed by atoms with van der Waals surface area (Å²) in [5.74, 6) is 0.761. The molecule has 0 saturated carbocycles. The van der Waals surface area contributed by atoms with Gasteiger partial charge in [0, 0.05) is 5.56 Å². The Bertz CT molecular complexity index is 636. The molecular formula is C22H34O4. The molecule has 0 aliphatic carbocycles. The van der Waals surface area contributed by atoms with Crippen LogP contribution >= 0.6 is 0 Å². The number of hydrogen-bond acceptors (Lipinski definition) is 3. The number of hydrogen-bond donors (Lipinski definition) is 1. The van der Waals surface area contributed by atoms with Crippen molar-refractivity contribution in [2.75, 3.05) is 0 Å². The zero-order valence-electron chi connectivity index (χ0n) is 17.0. The number of aliphatic carboxylic acids is 1. The second-order valence-electron chi connectivity index (χ2n) is 7.59. The lowest BCUT2D eigenvalue weighted by Crippen LogP contribution is -2.26. The van der Waals surface area contributed by atoms with Crippen molar-refractivity contribution in [3.05, 3.63) is 22.3 Å². The summed E-state index contributed by atoms with van der Waals surface area (Å²) in [6, 6.07) is 0. The van der Waals surface area contributed by atoms with Gasteiger partial charge < -0.3 is 14.6 Å². The minimum atomic E-state index is -0.946. The summed E-state index contributed by atoms with van der Waals surface area (Å²) in [5.41, 5.74) is 4.27. The first kappa shape index (κ1) is 20.6. The molecule has 2 rings (SSSR count). The molecule has 1 aromatic carbocycles. The van der Waals surface area contributed by atoms with E-state index in [1.807, 2.05) is 13.8 Å². The van der Waals surface area contributed by atoms with Crippen LogP contribution in [-0.2, 0) is 11.2 Å². The van der Waals surface area contributed by atoms with Crippen molar-refractivity contribution in [2.24, 2.45) is 0 Å². The van der Waals surface area contributed by atoms with Crippen LogP contribution in [0.25, 0.3) is 0 Å². The molecule has 0 saturated heterocycles. The molecule has 2 atom stereocenters. The molecule has 1 aromatic rings. The number of unbranched alkanes of at least 4 members (excludes halogenated alkanes) is 4. The summed E-state index contributed by atoms with van der Waals surface area (Å²) in [7, 11) is 0. The third-order valence-corrected chi connectivity index (χ3v) is 5.58. The van der Waals surface area contributed by atoms with Crippen LogP contribution in [0.1, 0.15) is 81.0 Å². The topological polar surface area (TPSA) is 55.8 Å². The molecule has 0 amide bonds. The second-order valence-corrected chi connectivity index (χ2v) is 7.59. The summed E-state index contributed by atoms with van der Waals surface area (Å²) >= 11 is 0. The van der Waals surface area contributed by atoms with Crippen molar-refractivity contribution in [3.63, 3.8) is 0 Å². The van der Waals surface area contributed by atoms with E-state index in [2.05, 4.69) is 13.8 Å². The van der Waals surface area contributed by atoms with Crippen LogP contribution in [-0.4, -0.2) is 23.3 Å². The van der Waals surface area contributed by atoms with Gasteiger partial charge in [0.05, 0.1) is 6.10 Å². The van der Waals surface area contributed by atoms with Gasteiger partial charge in [-0.3, -0.25) is 0 Å². The Kier molecular flexibility index (Phi) is 7.36. The van der Waals surface area contributed by atoms with E-state index in [0.717, 1.165) is 41.7 Å². The molecule has 0 aromatic heterocycles. The SMILES string of the molecule is CCCCCCC[C@@H]1CCc2c(C)c(OC(C)C(=O)O)c(C)c(C)c2O1. The van der Waals surface area contributed by atoms with Gasteiger partial charge >= 0.3 is 5.97 Å². The van der Waals surface area contributed by atoms with Crippen molar-refractivity contribution in [2.45, 2.75) is 98.2 Å². The van der Waals surface area contributed by atoms with Crippen LogP contribution in [0.2, 0.25) is 0 Å². The molecule has 0 fully saturated rings. The predicted molar refractivity (Wildman–Crippen MR) is 104 cm³/mol. The molecule has 0 radical (unpaired) electrons. The van der Waals surface area contributed by atoms with Gasteiger partial charge in [0.2, 0.25) is 0 Å². The average Bonchev–Trinajstić information content (AvgIpc) is 2.62. The van der Waals surface area contributed by atoms with Crippen LogP contribution in [0.15, 0.2) is 0 Å². The Balaban J connectivity index is 2.12. The minimum absolute atomic E-state index is 0.298. The van der Waals surface area contributed by atoms with E-state index in [1.165, 1.54) is 37.7 Å². The molecule has 26 heavy (non-hydrogen) atoms. The average molecular weight is 363 g/mol. The zero-order valence-corrected chi connectivity index (χ0v) is 17.0. The lowest BCUT2D eigenvalue weighted by atomic mass is 9.90. The fourth-order valence-electron chi connectivity index (χ4n) is 3.73. The quantitative estimate of drug-likeness (QED) is 0.588. The van der Waals surface area contributed by atoms with Crippen LogP contribution in [0, 0.1) is 20.8 Å². The molecule has 4 heteroatoms. The lowest BCUT2D eigenvalue weighted by Gasteiger charge is -2.31. The fourth-order valence-corrected chi connectivity index (χ4v) is 3.73. The highest BCUT2D eigenvalue weighted by atomic mass is 16.5. The fraction of sp³-hybridized carbons (Fsp3) is 0.682. The van der Waals surface area contributed by atoms with Crippen molar-refractivity contribution in [3.8, 4) is 11.5 Å². The van der Waals surface area contributed by atoms with Crippen molar-refractivity contribution in [1.82, 2.24) is 0 Å². The maximum Gasteiger partial charge on any atom is 0.344 e. The van der Waals surface area contributed by atoms with E-state index >= 15 is 0 Å². The Morgan fingerprint density at radius 3 is 2.50 bits per heavy atom. The number of fused-ring (bicyclic) bond motifs is 1. The monoisotopic (exact) mass is 362 g/mol. The number of carboxylic acid groups (broad SMARTS) is 1. The Morgan fingerprint density at radius 2 is 1.85 bits per heavy atom. The molecule has 146 valence electrons. The van der Waals surface area contributed by atoms with Gasteiger partial charge in [-0.15, -0.1) is 0 Å². The van der Waals surface area contributed by atoms with Gasteiger partial charge in [-0.05, 0) is 70.1 Å². The molecule has 4 nitrogen and oxygen atoms in total. The molecule has 0 bridgehead atoms. The number of benzene rings is 1. The number of carbonyl (C=O) groups is 1. The Labute approximate surface area is 157 Å². The molecule has 1 aliphatic rings. The van der Waals surface area contributed by atoms with E-state index in [4.69, 9.17) is 14.6 Å². The largest absolute Gasteiger partial charge is 0.490 e. The maximum atomic E-state index is 11.2.